The molecule has 0 aliphatic carbocycles. The lowest BCUT2D eigenvalue weighted by molar-refractivity contribution is 0.669. The molecule has 6 nitrogen and oxygen atoms in total. The maximum absolute atomic E-state index is 6.32. The van der Waals surface area contributed by atoms with E-state index in [2.05, 4.69) is 443 Å². The van der Waals surface area contributed by atoms with E-state index < -0.39 is 0 Å². The molecule has 0 bridgehead atoms. The number of rotatable bonds is 14. The average Bonchev–Trinajstić information content (AvgIpc) is 1.54. The van der Waals surface area contributed by atoms with Crippen molar-refractivity contribution in [2.24, 2.45) is 0 Å². The zero-order chi connectivity index (χ0) is 76.6. The summed E-state index contributed by atoms with van der Waals surface area (Å²) in [6, 6.07) is 156. The van der Waals surface area contributed by atoms with Crippen LogP contribution in [0.1, 0.15) is 0 Å². The number of furan rings is 1. The van der Waals surface area contributed by atoms with Crippen LogP contribution in [0.4, 0.5) is 68.2 Å². The lowest BCUT2D eigenvalue weighted by Gasteiger charge is -2.28. The Morgan fingerprint density at radius 1 is 0.190 bits per heavy atom. The van der Waals surface area contributed by atoms with Crippen molar-refractivity contribution in [3.63, 3.8) is 0 Å². The minimum atomic E-state index is 0.884. The summed E-state index contributed by atoms with van der Waals surface area (Å²) in [7, 11) is 0. The van der Waals surface area contributed by atoms with E-state index in [1.807, 2.05) is 34.8 Å². The summed E-state index contributed by atoms with van der Waals surface area (Å²) >= 11 is 3.70. The smallest absolute Gasteiger partial charge is 0.135 e. The second kappa shape index (κ2) is 28.7. The first-order chi connectivity index (χ1) is 57.5. The minimum Gasteiger partial charge on any atom is -0.456 e. The zero-order valence-corrected chi connectivity index (χ0v) is 64.6. The van der Waals surface area contributed by atoms with Gasteiger partial charge in [-0.25, -0.2) is 0 Å². The van der Waals surface area contributed by atoms with Crippen LogP contribution in [0.25, 0.3) is 133 Å². The molecule has 8 heteroatoms. The van der Waals surface area contributed by atoms with Gasteiger partial charge in [0.15, 0.2) is 0 Å². The van der Waals surface area contributed by atoms with Gasteiger partial charge >= 0.3 is 0 Å². The van der Waals surface area contributed by atoms with Gasteiger partial charge in [-0.2, -0.15) is 0 Å². The molecule has 0 aliphatic heterocycles. The van der Waals surface area contributed by atoms with E-state index in [0.29, 0.717) is 0 Å². The van der Waals surface area contributed by atoms with Crippen molar-refractivity contribution in [1.82, 2.24) is 4.57 Å². The quantitative estimate of drug-likeness (QED) is 0.101. The van der Waals surface area contributed by atoms with E-state index in [4.69, 9.17) is 4.42 Å². The van der Waals surface area contributed by atoms with Gasteiger partial charge in [0.1, 0.15) is 11.2 Å². The summed E-state index contributed by atoms with van der Waals surface area (Å²) in [5.74, 6) is 0. The summed E-state index contributed by atoms with van der Waals surface area (Å²) in [5.41, 5.74) is 21.1. The third-order valence-corrected chi connectivity index (χ3v) is 25.0. The highest BCUT2D eigenvalue weighted by Crippen LogP contribution is 2.50. The van der Waals surface area contributed by atoms with Gasteiger partial charge in [0.2, 0.25) is 0 Å². The van der Waals surface area contributed by atoms with Gasteiger partial charge in [-0.3, -0.25) is 0 Å². The second-order valence-corrected chi connectivity index (χ2v) is 31.7. The Morgan fingerprint density at radius 3 is 1.17 bits per heavy atom. The van der Waals surface area contributed by atoms with Crippen LogP contribution in [-0.4, -0.2) is 4.57 Å². The van der Waals surface area contributed by atoms with Gasteiger partial charge in [0.05, 0.1) is 22.4 Å². The molecule has 23 aromatic rings. The van der Waals surface area contributed by atoms with Crippen molar-refractivity contribution >= 4 is 207 Å². The van der Waals surface area contributed by atoms with Crippen LogP contribution in [0.2, 0.25) is 0 Å². The van der Waals surface area contributed by atoms with Gasteiger partial charge in [-0.05, 0) is 227 Å². The molecule has 0 unspecified atom stereocenters. The molecule has 0 aliphatic rings. The summed E-state index contributed by atoms with van der Waals surface area (Å²) in [6.45, 7) is 0. The van der Waals surface area contributed by atoms with Gasteiger partial charge in [0, 0.05) is 135 Å². The van der Waals surface area contributed by atoms with Crippen LogP contribution in [-0.2, 0) is 0 Å². The molecule has 23 rings (SSSR count). The van der Waals surface area contributed by atoms with E-state index in [9.17, 15) is 0 Å². The van der Waals surface area contributed by atoms with E-state index in [1.165, 1.54) is 106 Å². The van der Waals surface area contributed by atoms with E-state index in [1.54, 1.807) is 0 Å². The molecule has 0 spiro atoms. The molecule has 4 aromatic heterocycles. The Kier molecular flexibility index (Phi) is 16.9. The molecule has 116 heavy (non-hydrogen) atoms. The lowest BCUT2D eigenvalue weighted by atomic mass is 9.98. The molecule has 0 radical (unpaired) electrons. The number of aromatic nitrogens is 1. The molecule has 4 heterocycles. The molecule has 0 saturated carbocycles. The summed E-state index contributed by atoms with van der Waals surface area (Å²) in [5, 5.41) is 17.0. The number of thiophene rings is 2. The third-order valence-electron chi connectivity index (χ3n) is 22.7. The standard InChI is InChI=1S/C54H37N3S.C54H34N2OS/c1-5-17-40(18-6-1)55(41-19-7-2-8-20-41)45-29-32-53-49(36-45)50-37-46(30-33-54(50)58-53)56(42-21-9-3-10-22-42)44-25-15-16-38(34-44)39-28-31-48-47-26-13-14-27-51(47)57(52(48)35-39)43-23-11-4-12-24-43;1-2-16-37(17-3-1)55(49-23-12-15-35-13-4-7-19-42(35)49)39-26-29-53-47(33-39)48-34-40(27-30-54(48)58-53)56(38-25-28-52-46(32-38)45-22-10-11-24-51(45)57-52)50-31-36-14-5-6-18-41(36)43-20-8-9-21-44(43)50/h1-37H;1-34H. The van der Waals surface area contributed by atoms with Crippen molar-refractivity contribution < 1.29 is 4.42 Å². The first kappa shape index (κ1) is 68.0. The summed E-state index contributed by atoms with van der Waals surface area (Å²) in [6.07, 6.45) is 0. The predicted octanol–water partition coefficient (Wildman–Crippen LogP) is 32.1. The Bertz CT molecular complexity index is 7640. The molecule has 546 valence electrons. The highest BCUT2D eigenvalue weighted by atomic mass is 32.1. The number of benzene rings is 19. The van der Waals surface area contributed by atoms with Crippen molar-refractivity contribution in [3.05, 3.63) is 431 Å². The molecule has 19 aromatic carbocycles. The van der Waals surface area contributed by atoms with Crippen LogP contribution in [0.15, 0.2) is 435 Å². The number of fused-ring (bicyclic) bond motifs is 16. The number of anilines is 12. The molecule has 0 saturated heterocycles. The van der Waals surface area contributed by atoms with Crippen molar-refractivity contribution in [1.29, 1.82) is 0 Å². The largest absolute Gasteiger partial charge is 0.456 e. The predicted molar refractivity (Wildman–Crippen MR) is 497 cm³/mol. The van der Waals surface area contributed by atoms with Gasteiger partial charge in [-0.15, -0.1) is 22.7 Å². The lowest BCUT2D eigenvalue weighted by Crippen LogP contribution is -2.10. The highest BCUT2D eigenvalue weighted by molar-refractivity contribution is 7.26. The Balaban J connectivity index is 0.000000141. The number of hydrogen-bond donors (Lipinski definition) is 0. The molecule has 0 N–H and O–H groups in total. The van der Waals surface area contributed by atoms with Gasteiger partial charge in [0.25, 0.3) is 0 Å². The Labute approximate surface area is 678 Å². The Hall–Kier alpha value is -14.8. The molecular weight excluding hydrogens is 1450 g/mol. The SMILES string of the molecule is c1ccc(N(c2ccc3sc4ccc(N(c5ccc6oc7ccccc7c6c5)c5cc6ccccc6c6ccccc56)cc4c3c2)c2cccc3ccccc23)cc1.c1ccc(N(c2ccccc2)c2ccc3sc4ccc(N(c5ccccc5)c5cccc(-c6ccc7c8ccccc8n(-c8ccccc8)c7c6)c5)cc4c3c2)cc1. The number of para-hydroxylation sites is 7. The van der Waals surface area contributed by atoms with Crippen LogP contribution in [0.3, 0.4) is 0 Å². The van der Waals surface area contributed by atoms with E-state index in [-0.39, 0.29) is 0 Å². The molecule has 0 atom stereocenters. The summed E-state index contributed by atoms with van der Waals surface area (Å²) < 4.78 is 13.8. The van der Waals surface area contributed by atoms with E-state index >= 15 is 0 Å². The van der Waals surface area contributed by atoms with E-state index in [0.717, 1.165) is 95.9 Å². The fourth-order valence-corrected chi connectivity index (χ4v) is 19.6. The molecule has 0 amide bonds. The first-order valence-electron chi connectivity index (χ1n) is 39.3. The Morgan fingerprint density at radius 2 is 0.578 bits per heavy atom. The van der Waals surface area contributed by atoms with Crippen LogP contribution in [0.5, 0.6) is 0 Å². The second-order valence-electron chi connectivity index (χ2n) is 29.5. The average molecular weight is 1520 g/mol. The normalized spacial score (nSPS) is 11.6. The maximum Gasteiger partial charge on any atom is 0.135 e. The van der Waals surface area contributed by atoms with Crippen LogP contribution >= 0.6 is 22.7 Å². The third kappa shape index (κ3) is 12.0. The number of nitrogens with zero attached hydrogens (tertiary/aromatic N) is 5. The molecular formula is C108H71N5OS2. The van der Waals surface area contributed by atoms with Gasteiger partial charge in [-0.1, -0.05) is 237 Å². The monoisotopic (exact) mass is 1520 g/mol. The first-order valence-corrected chi connectivity index (χ1v) is 41.0. The minimum absolute atomic E-state index is 0.884. The maximum atomic E-state index is 6.32. The zero-order valence-electron chi connectivity index (χ0n) is 63.0. The molecule has 0 fully saturated rings. The summed E-state index contributed by atoms with van der Waals surface area (Å²) in [4.78, 5) is 9.56. The fourth-order valence-electron chi connectivity index (χ4n) is 17.4. The van der Waals surface area contributed by atoms with Crippen molar-refractivity contribution in [2.45, 2.75) is 0 Å². The van der Waals surface area contributed by atoms with Crippen molar-refractivity contribution in [3.8, 4) is 16.8 Å². The van der Waals surface area contributed by atoms with Crippen molar-refractivity contribution in [2.75, 3.05) is 19.6 Å². The van der Waals surface area contributed by atoms with Crippen LogP contribution < -0.4 is 19.6 Å². The fraction of sp³-hybridized carbons (Fsp3) is 0. The topological polar surface area (TPSA) is 31.0 Å². The number of hydrogen-bond acceptors (Lipinski definition) is 7. The van der Waals surface area contributed by atoms with Crippen LogP contribution in [0, 0.1) is 0 Å². The highest BCUT2D eigenvalue weighted by Gasteiger charge is 2.25. The van der Waals surface area contributed by atoms with Gasteiger partial charge < -0.3 is 28.6 Å².